The predicted octanol–water partition coefficient (Wildman–Crippen LogP) is 3.94. The van der Waals surface area contributed by atoms with E-state index in [1.807, 2.05) is 19.1 Å². The van der Waals surface area contributed by atoms with Crippen LogP contribution in [0.25, 0.3) is 10.9 Å². The number of ether oxygens (including phenoxy) is 3. The SMILES string of the molecule is CNc1ccc(Oc2ncnc3cc(C)c(OCCOC)cc23)cc1F. The maximum absolute atomic E-state index is 13.9. The normalized spacial score (nSPS) is 10.8. The van der Waals surface area contributed by atoms with Gasteiger partial charge in [-0.25, -0.2) is 14.4 Å². The summed E-state index contributed by atoms with van der Waals surface area (Å²) in [7, 11) is 3.28. The third kappa shape index (κ3) is 3.83. The van der Waals surface area contributed by atoms with E-state index in [1.165, 1.54) is 12.4 Å². The number of nitrogens with one attached hydrogen (secondary N) is 1. The summed E-state index contributed by atoms with van der Waals surface area (Å²) in [5, 5.41) is 3.45. The maximum atomic E-state index is 13.9. The molecule has 1 heterocycles. The van der Waals surface area contributed by atoms with E-state index in [2.05, 4.69) is 15.3 Å². The number of benzene rings is 2. The molecule has 0 atom stereocenters. The molecule has 0 saturated carbocycles. The van der Waals surface area contributed by atoms with Gasteiger partial charge in [0, 0.05) is 20.2 Å². The largest absolute Gasteiger partial charge is 0.491 e. The second kappa shape index (κ2) is 7.97. The molecule has 3 aromatic rings. The first-order valence-corrected chi connectivity index (χ1v) is 8.14. The Kier molecular flexibility index (Phi) is 5.48. The molecule has 0 aliphatic heterocycles. The van der Waals surface area contributed by atoms with E-state index in [1.54, 1.807) is 26.3 Å². The Morgan fingerprint density at radius 1 is 1.12 bits per heavy atom. The third-order valence-electron chi connectivity index (χ3n) is 3.86. The Balaban J connectivity index is 1.94. The van der Waals surface area contributed by atoms with Gasteiger partial charge in [0.2, 0.25) is 5.88 Å². The number of hydrogen-bond acceptors (Lipinski definition) is 6. The molecular formula is C19H20FN3O3. The van der Waals surface area contributed by atoms with Gasteiger partial charge in [-0.2, -0.15) is 0 Å². The van der Waals surface area contributed by atoms with Gasteiger partial charge in [0.05, 0.1) is 23.2 Å². The summed E-state index contributed by atoms with van der Waals surface area (Å²) in [4.78, 5) is 8.46. The third-order valence-corrected chi connectivity index (χ3v) is 3.86. The zero-order valence-corrected chi connectivity index (χ0v) is 14.9. The van der Waals surface area contributed by atoms with Crippen LogP contribution in [0, 0.1) is 12.7 Å². The lowest BCUT2D eigenvalue weighted by Crippen LogP contribution is -2.05. The molecule has 0 spiro atoms. The average Bonchev–Trinajstić information content (AvgIpc) is 2.63. The highest BCUT2D eigenvalue weighted by atomic mass is 19.1. The van der Waals surface area contributed by atoms with Gasteiger partial charge in [-0.05, 0) is 36.8 Å². The van der Waals surface area contributed by atoms with Crippen molar-refractivity contribution in [2.75, 3.05) is 32.7 Å². The van der Waals surface area contributed by atoms with Gasteiger partial charge in [0.1, 0.15) is 30.3 Å². The van der Waals surface area contributed by atoms with Gasteiger partial charge >= 0.3 is 0 Å². The van der Waals surface area contributed by atoms with E-state index in [4.69, 9.17) is 14.2 Å². The average molecular weight is 357 g/mol. The minimum Gasteiger partial charge on any atom is -0.491 e. The molecule has 1 N–H and O–H groups in total. The summed E-state index contributed by atoms with van der Waals surface area (Å²) >= 11 is 0. The molecule has 0 amide bonds. The van der Waals surface area contributed by atoms with E-state index in [0.717, 1.165) is 11.1 Å². The molecule has 7 heteroatoms. The van der Waals surface area contributed by atoms with Crippen molar-refractivity contribution in [1.82, 2.24) is 9.97 Å². The number of fused-ring (bicyclic) bond motifs is 1. The minimum absolute atomic E-state index is 0.336. The van der Waals surface area contributed by atoms with Gasteiger partial charge in [-0.15, -0.1) is 0 Å². The molecule has 0 saturated heterocycles. The van der Waals surface area contributed by atoms with Crippen LogP contribution < -0.4 is 14.8 Å². The lowest BCUT2D eigenvalue weighted by Gasteiger charge is -2.12. The maximum Gasteiger partial charge on any atom is 0.230 e. The molecule has 26 heavy (non-hydrogen) atoms. The Hall–Kier alpha value is -2.93. The number of nitrogens with zero attached hydrogens (tertiary/aromatic N) is 2. The molecule has 136 valence electrons. The van der Waals surface area contributed by atoms with Gasteiger partial charge in [0.25, 0.3) is 0 Å². The van der Waals surface area contributed by atoms with Crippen molar-refractivity contribution in [1.29, 1.82) is 0 Å². The van der Waals surface area contributed by atoms with Crippen LogP contribution in [0.15, 0.2) is 36.7 Å². The Bertz CT molecular complexity index is 918. The van der Waals surface area contributed by atoms with Gasteiger partial charge < -0.3 is 19.5 Å². The topological polar surface area (TPSA) is 65.5 Å². The van der Waals surface area contributed by atoms with Gasteiger partial charge in [0.15, 0.2) is 0 Å². The fraction of sp³-hybridized carbons (Fsp3) is 0.263. The van der Waals surface area contributed by atoms with Crippen molar-refractivity contribution in [3.63, 3.8) is 0 Å². The molecule has 0 bridgehead atoms. The molecule has 2 aromatic carbocycles. The number of aryl methyl sites for hydroxylation is 1. The van der Waals surface area contributed by atoms with Crippen molar-refractivity contribution in [2.45, 2.75) is 6.92 Å². The number of aromatic nitrogens is 2. The van der Waals surface area contributed by atoms with Crippen LogP contribution in [0.5, 0.6) is 17.4 Å². The van der Waals surface area contributed by atoms with Crippen molar-refractivity contribution < 1.29 is 18.6 Å². The molecule has 0 aliphatic carbocycles. The first-order chi connectivity index (χ1) is 12.6. The predicted molar refractivity (Wildman–Crippen MR) is 97.7 cm³/mol. The number of halogens is 1. The number of anilines is 1. The van der Waals surface area contributed by atoms with E-state index in [0.29, 0.717) is 41.7 Å². The van der Waals surface area contributed by atoms with Gasteiger partial charge in [-0.3, -0.25) is 0 Å². The summed E-state index contributed by atoms with van der Waals surface area (Å²) in [5.74, 6) is 0.987. The van der Waals surface area contributed by atoms with Crippen LogP contribution in [-0.2, 0) is 4.74 Å². The fourth-order valence-electron chi connectivity index (χ4n) is 2.51. The Morgan fingerprint density at radius 2 is 1.96 bits per heavy atom. The smallest absolute Gasteiger partial charge is 0.230 e. The Labute approximate surface area is 150 Å². The standard InChI is InChI=1S/C19H20FN3O3/c1-12-8-17-14(10-18(12)25-7-6-24-3)19(23-11-22-17)26-13-4-5-16(21-2)15(20)9-13/h4-5,8-11,21H,6-7H2,1-3H3. The van der Waals surface area contributed by atoms with E-state index in [9.17, 15) is 4.39 Å². The van der Waals surface area contributed by atoms with Crippen molar-refractivity contribution in [2.24, 2.45) is 0 Å². The van der Waals surface area contributed by atoms with Crippen LogP contribution in [0.2, 0.25) is 0 Å². The zero-order chi connectivity index (χ0) is 18.5. The first-order valence-electron chi connectivity index (χ1n) is 8.14. The highest BCUT2D eigenvalue weighted by Gasteiger charge is 2.12. The molecule has 0 unspecified atom stereocenters. The fourth-order valence-corrected chi connectivity index (χ4v) is 2.51. The quantitative estimate of drug-likeness (QED) is 0.646. The van der Waals surface area contributed by atoms with E-state index < -0.39 is 5.82 Å². The summed E-state index contributed by atoms with van der Waals surface area (Å²) in [5.41, 5.74) is 2.07. The molecule has 3 rings (SSSR count). The van der Waals surface area contributed by atoms with Crippen LogP contribution >= 0.6 is 0 Å². The Morgan fingerprint density at radius 3 is 2.69 bits per heavy atom. The zero-order valence-electron chi connectivity index (χ0n) is 14.9. The first kappa shape index (κ1) is 17.9. The second-order valence-corrected chi connectivity index (χ2v) is 5.65. The van der Waals surface area contributed by atoms with Crippen LogP contribution in [-0.4, -0.2) is 37.3 Å². The summed E-state index contributed by atoms with van der Waals surface area (Å²) in [6.07, 6.45) is 1.42. The molecule has 0 radical (unpaired) electrons. The number of rotatable bonds is 7. The van der Waals surface area contributed by atoms with Gasteiger partial charge in [-0.1, -0.05) is 0 Å². The second-order valence-electron chi connectivity index (χ2n) is 5.65. The summed E-state index contributed by atoms with van der Waals surface area (Å²) < 4.78 is 30.5. The minimum atomic E-state index is -0.400. The molecule has 0 fully saturated rings. The van der Waals surface area contributed by atoms with Crippen molar-refractivity contribution in [3.05, 3.63) is 48.0 Å². The van der Waals surface area contributed by atoms with Crippen LogP contribution in [0.4, 0.5) is 10.1 Å². The highest BCUT2D eigenvalue weighted by Crippen LogP contribution is 2.32. The molecule has 6 nitrogen and oxygen atoms in total. The highest BCUT2D eigenvalue weighted by molar-refractivity contribution is 5.86. The van der Waals surface area contributed by atoms with E-state index >= 15 is 0 Å². The summed E-state index contributed by atoms with van der Waals surface area (Å²) in [6.45, 7) is 2.86. The molecule has 1 aromatic heterocycles. The monoisotopic (exact) mass is 357 g/mol. The molecular weight excluding hydrogens is 337 g/mol. The number of methoxy groups -OCH3 is 1. The van der Waals surface area contributed by atoms with Crippen molar-refractivity contribution in [3.8, 4) is 17.4 Å². The summed E-state index contributed by atoms with van der Waals surface area (Å²) in [6, 6.07) is 8.32. The van der Waals surface area contributed by atoms with E-state index in [-0.39, 0.29) is 0 Å². The van der Waals surface area contributed by atoms with Crippen LogP contribution in [0.1, 0.15) is 5.56 Å². The lowest BCUT2D eigenvalue weighted by atomic mass is 10.1. The van der Waals surface area contributed by atoms with Crippen molar-refractivity contribution >= 4 is 16.6 Å². The van der Waals surface area contributed by atoms with Crippen LogP contribution in [0.3, 0.4) is 0 Å². The lowest BCUT2D eigenvalue weighted by molar-refractivity contribution is 0.146. The number of hydrogen-bond donors (Lipinski definition) is 1. The molecule has 0 aliphatic rings.